The molecule has 2 aromatic rings. The molecule has 0 radical (unpaired) electrons. The van der Waals surface area contributed by atoms with Crippen molar-refractivity contribution in [3.8, 4) is 0 Å². The third-order valence-electron chi connectivity index (χ3n) is 2.92. The standard InChI is InChI=1S/C14H17BrN2O2/c1-5-9-10(15)6-8(4)12-11(9)13(18)19-14(17-12)16-7(2)3/h6-7H,5H2,1-4H3,(H,16,17). The zero-order chi connectivity index (χ0) is 14.2. The predicted molar refractivity (Wildman–Crippen MR) is 80.9 cm³/mol. The summed E-state index contributed by atoms with van der Waals surface area (Å²) in [4.78, 5) is 16.6. The minimum Gasteiger partial charge on any atom is -0.389 e. The van der Waals surface area contributed by atoms with Crippen LogP contribution in [0.3, 0.4) is 0 Å². The molecule has 1 heterocycles. The van der Waals surface area contributed by atoms with E-state index in [0.29, 0.717) is 10.9 Å². The molecule has 0 bridgehead atoms. The Labute approximate surface area is 120 Å². The number of halogens is 1. The SMILES string of the molecule is CCc1c(Br)cc(C)c2nc(NC(C)C)oc(=O)c12. The first kappa shape index (κ1) is 14.1. The Morgan fingerprint density at radius 3 is 2.74 bits per heavy atom. The molecule has 1 aromatic heterocycles. The number of nitrogens with one attached hydrogen (secondary N) is 1. The van der Waals surface area contributed by atoms with Crippen molar-refractivity contribution in [1.82, 2.24) is 4.98 Å². The topological polar surface area (TPSA) is 55.1 Å². The van der Waals surface area contributed by atoms with Gasteiger partial charge in [-0.1, -0.05) is 22.9 Å². The fourth-order valence-electron chi connectivity index (χ4n) is 2.09. The van der Waals surface area contributed by atoms with Crippen molar-refractivity contribution in [2.75, 3.05) is 5.32 Å². The molecule has 0 saturated heterocycles. The van der Waals surface area contributed by atoms with E-state index in [9.17, 15) is 4.79 Å². The third-order valence-corrected chi connectivity index (χ3v) is 3.62. The molecule has 0 aliphatic carbocycles. The number of hydrogen-bond donors (Lipinski definition) is 1. The second kappa shape index (κ2) is 5.33. The van der Waals surface area contributed by atoms with Crippen LogP contribution in [0, 0.1) is 6.92 Å². The lowest BCUT2D eigenvalue weighted by atomic mass is 10.0. The van der Waals surface area contributed by atoms with Crippen LogP contribution in [0.25, 0.3) is 10.9 Å². The summed E-state index contributed by atoms with van der Waals surface area (Å²) in [5, 5.41) is 3.60. The quantitative estimate of drug-likeness (QED) is 0.936. The van der Waals surface area contributed by atoms with Gasteiger partial charge >= 0.3 is 5.63 Å². The zero-order valence-corrected chi connectivity index (χ0v) is 13.1. The summed E-state index contributed by atoms with van der Waals surface area (Å²) in [7, 11) is 0. The van der Waals surface area contributed by atoms with Crippen LogP contribution in [0.2, 0.25) is 0 Å². The van der Waals surface area contributed by atoms with Crippen molar-refractivity contribution in [2.45, 2.75) is 40.2 Å². The minimum absolute atomic E-state index is 0.162. The zero-order valence-electron chi connectivity index (χ0n) is 11.5. The fourth-order valence-corrected chi connectivity index (χ4v) is 2.91. The maximum atomic E-state index is 12.2. The molecule has 0 atom stereocenters. The van der Waals surface area contributed by atoms with Gasteiger partial charge in [0.15, 0.2) is 0 Å². The monoisotopic (exact) mass is 324 g/mol. The summed E-state index contributed by atoms with van der Waals surface area (Å²) < 4.78 is 6.18. The van der Waals surface area contributed by atoms with Gasteiger partial charge in [0.05, 0.1) is 10.9 Å². The van der Waals surface area contributed by atoms with Crippen LogP contribution in [-0.2, 0) is 6.42 Å². The summed E-state index contributed by atoms with van der Waals surface area (Å²) in [6.45, 7) is 7.89. The number of rotatable bonds is 3. The second-order valence-electron chi connectivity index (χ2n) is 4.84. The Bertz CT molecular complexity index is 677. The maximum Gasteiger partial charge on any atom is 0.348 e. The highest BCUT2D eigenvalue weighted by Gasteiger charge is 2.15. The van der Waals surface area contributed by atoms with E-state index in [-0.39, 0.29) is 17.7 Å². The summed E-state index contributed by atoms with van der Waals surface area (Å²) in [6.07, 6.45) is 0.751. The Kier molecular flexibility index (Phi) is 3.94. The van der Waals surface area contributed by atoms with Gasteiger partial charge in [0.25, 0.3) is 6.01 Å². The van der Waals surface area contributed by atoms with E-state index >= 15 is 0 Å². The average Bonchev–Trinajstić information content (AvgIpc) is 2.30. The van der Waals surface area contributed by atoms with Crippen LogP contribution >= 0.6 is 15.9 Å². The van der Waals surface area contributed by atoms with Crippen LogP contribution < -0.4 is 10.9 Å². The van der Waals surface area contributed by atoms with Gasteiger partial charge in [-0.2, -0.15) is 4.98 Å². The molecule has 0 saturated carbocycles. The third kappa shape index (κ3) is 2.66. The number of aromatic nitrogens is 1. The van der Waals surface area contributed by atoms with Crippen LogP contribution in [0.4, 0.5) is 6.01 Å². The fraction of sp³-hybridized carbons (Fsp3) is 0.429. The van der Waals surface area contributed by atoms with Crippen molar-refractivity contribution in [3.63, 3.8) is 0 Å². The smallest absolute Gasteiger partial charge is 0.348 e. The number of fused-ring (bicyclic) bond motifs is 1. The molecule has 0 spiro atoms. The number of hydrogen-bond acceptors (Lipinski definition) is 4. The summed E-state index contributed by atoms with van der Waals surface area (Å²) >= 11 is 3.50. The predicted octanol–water partition coefficient (Wildman–Crippen LogP) is 3.64. The molecule has 5 heteroatoms. The van der Waals surface area contributed by atoms with E-state index in [1.54, 1.807) is 0 Å². The van der Waals surface area contributed by atoms with Crippen molar-refractivity contribution in [3.05, 3.63) is 32.1 Å². The van der Waals surface area contributed by atoms with Gasteiger partial charge in [-0.15, -0.1) is 0 Å². The number of aryl methyl sites for hydroxylation is 2. The first-order chi connectivity index (χ1) is 8.93. The molecule has 1 aromatic carbocycles. The molecule has 1 N–H and O–H groups in total. The van der Waals surface area contributed by atoms with E-state index < -0.39 is 0 Å². The highest BCUT2D eigenvalue weighted by atomic mass is 79.9. The van der Waals surface area contributed by atoms with E-state index in [4.69, 9.17) is 4.42 Å². The number of anilines is 1. The molecule has 0 fully saturated rings. The molecule has 19 heavy (non-hydrogen) atoms. The molecular formula is C14H17BrN2O2. The largest absolute Gasteiger partial charge is 0.389 e. The lowest BCUT2D eigenvalue weighted by Gasteiger charge is -2.11. The lowest BCUT2D eigenvalue weighted by Crippen LogP contribution is -2.15. The van der Waals surface area contributed by atoms with Gasteiger partial charge in [-0.25, -0.2) is 4.79 Å². The molecule has 0 amide bonds. The van der Waals surface area contributed by atoms with Crippen LogP contribution in [-0.4, -0.2) is 11.0 Å². The number of nitrogens with zero attached hydrogens (tertiary/aromatic N) is 1. The van der Waals surface area contributed by atoms with Gasteiger partial charge in [0, 0.05) is 10.5 Å². The molecule has 0 aliphatic heterocycles. The number of benzene rings is 1. The lowest BCUT2D eigenvalue weighted by molar-refractivity contribution is 0.511. The molecule has 0 aliphatic rings. The molecule has 4 nitrogen and oxygen atoms in total. The van der Waals surface area contributed by atoms with E-state index in [1.165, 1.54) is 0 Å². The van der Waals surface area contributed by atoms with Crippen LogP contribution in [0.15, 0.2) is 19.8 Å². The highest BCUT2D eigenvalue weighted by Crippen LogP contribution is 2.27. The molecular weight excluding hydrogens is 308 g/mol. The Hall–Kier alpha value is -1.36. The summed E-state index contributed by atoms with van der Waals surface area (Å²) in [5.74, 6) is 0. The Balaban J connectivity index is 2.79. The van der Waals surface area contributed by atoms with E-state index in [0.717, 1.165) is 22.0 Å². The molecule has 102 valence electrons. The average molecular weight is 325 g/mol. The van der Waals surface area contributed by atoms with Gasteiger partial charge < -0.3 is 9.73 Å². The highest BCUT2D eigenvalue weighted by molar-refractivity contribution is 9.10. The Morgan fingerprint density at radius 1 is 1.47 bits per heavy atom. The van der Waals surface area contributed by atoms with Crippen molar-refractivity contribution < 1.29 is 4.42 Å². The van der Waals surface area contributed by atoms with Gasteiger partial charge in [0.1, 0.15) is 0 Å². The van der Waals surface area contributed by atoms with E-state index in [2.05, 4.69) is 26.2 Å². The molecule has 0 unspecified atom stereocenters. The van der Waals surface area contributed by atoms with Crippen LogP contribution in [0.1, 0.15) is 31.9 Å². The maximum absolute atomic E-state index is 12.2. The van der Waals surface area contributed by atoms with Gasteiger partial charge in [-0.05, 0) is 44.4 Å². The first-order valence-corrected chi connectivity index (χ1v) is 7.12. The summed E-state index contributed by atoms with van der Waals surface area (Å²) in [6, 6.07) is 2.43. The molecule has 2 rings (SSSR count). The van der Waals surface area contributed by atoms with Crippen molar-refractivity contribution in [2.24, 2.45) is 0 Å². The Morgan fingerprint density at radius 2 is 2.16 bits per heavy atom. The van der Waals surface area contributed by atoms with E-state index in [1.807, 2.05) is 33.8 Å². The van der Waals surface area contributed by atoms with Gasteiger partial charge in [0.2, 0.25) is 0 Å². The van der Waals surface area contributed by atoms with Gasteiger partial charge in [-0.3, -0.25) is 0 Å². The summed E-state index contributed by atoms with van der Waals surface area (Å²) in [5.41, 5.74) is 2.27. The van der Waals surface area contributed by atoms with Crippen LogP contribution in [0.5, 0.6) is 0 Å². The minimum atomic E-state index is -0.339. The second-order valence-corrected chi connectivity index (χ2v) is 5.69. The first-order valence-electron chi connectivity index (χ1n) is 6.33. The van der Waals surface area contributed by atoms with Crippen molar-refractivity contribution >= 4 is 32.8 Å². The normalized spacial score (nSPS) is 11.3. The van der Waals surface area contributed by atoms with Crippen molar-refractivity contribution in [1.29, 1.82) is 0 Å².